The molecule has 2 rings (SSSR count). The van der Waals surface area contributed by atoms with E-state index >= 15 is 0 Å². The first kappa shape index (κ1) is 8.06. The minimum atomic E-state index is -0.481. The van der Waals surface area contributed by atoms with Gasteiger partial charge in [-0.25, -0.2) is 9.49 Å². The van der Waals surface area contributed by atoms with Crippen molar-refractivity contribution in [2.24, 2.45) is 0 Å². The van der Waals surface area contributed by atoms with Crippen LogP contribution in [0, 0.1) is 5.82 Å². The molecule has 0 saturated heterocycles. The predicted octanol–water partition coefficient (Wildman–Crippen LogP) is 1.03. The molecule has 2 aromatic rings. The molecule has 0 aliphatic rings. The van der Waals surface area contributed by atoms with Gasteiger partial charge in [0.05, 0.1) is 0 Å². The van der Waals surface area contributed by atoms with Gasteiger partial charge in [-0.1, -0.05) is 11.3 Å². The third kappa shape index (κ3) is 1.48. The smallest absolute Gasteiger partial charge is 0.255 e. The van der Waals surface area contributed by atoms with E-state index in [0.717, 1.165) is 11.3 Å². The Morgan fingerprint density at radius 1 is 1.54 bits per heavy atom. The van der Waals surface area contributed by atoms with Crippen molar-refractivity contribution in [2.75, 3.05) is 0 Å². The summed E-state index contributed by atoms with van der Waals surface area (Å²) in [4.78, 5) is 14.2. The van der Waals surface area contributed by atoms with Crippen molar-refractivity contribution in [1.29, 1.82) is 0 Å². The van der Waals surface area contributed by atoms with Gasteiger partial charge in [-0.05, 0) is 12.1 Å². The van der Waals surface area contributed by atoms with Crippen molar-refractivity contribution in [3.63, 3.8) is 0 Å². The Labute approximate surface area is 76.1 Å². The highest BCUT2D eigenvalue weighted by atomic mass is 32.1. The second-order valence-electron chi connectivity index (χ2n) is 2.25. The van der Waals surface area contributed by atoms with Crippen LogP contribution in [0.5, 0.6) is 0 Å². The van der Waals surface area contributed by atoms with Gasteiger partial charge in [0.25, 0.3) is 0 Å². The van der Waals surface area contributed by atoms with Crippen molar-refractivity contribution in [2.45, 2.75) is 0 Å². The molecule has 0 radical (unpaired) electrons. The van der Waals surface area contributed by atoms with Crippen LogP contribution < -0.4 is 4.87 Å². The Hall–Kier alpha value is -1.56. The van der Waals surface area contributed by atoms with Gasteiger partial charge >= 0.3 is 4.87 Å². The molecule has 0 bridgehead atoms. The lowest BCUT2D eigenvalue weighted by molar-refractivity contribution is 0.625. The van der Waals surface area contributed by atoms with Gasteiger partial charge in [-0.2, -0.15) is 5.10 Å². The molecule has 2 heterocycles. The fraction of sp³-hybridized carbons (Fsp3) is 0. The molecule has 0 aromatic carbocycles. The largest absolute Gasteiger partial charge is 0.322 e. The van der Waals surface area contributed by atoms with Gasteiger partial charge in [0, 0.05) is 6.20 Å². The highest BCUT2D eigenvalue weighted by Crippen LogP contribution is 2.18. The van der Waals surface area contributed by atoms with Gasteiger partial charge in [0.1, 0.15) is 5.69 Å². The summed E-state index contributed by atoms with van der Waals surface area (Å²) in [5.74, 6) is -0.481. The van der Waals surface area contributed by atoms with Crippen LogP contribution in [0.3, 0.4) is 0 Å². The number of halogens is 1. The van der Waals surface area contributed by atoms with Crippen LogP contribution in [0.4, 0.5) is 4.39 Å². The summed E-state index contributed by atoms with van der Waals surface area (Å²) in [7, 11) is 0. The second-order valence-corrected chi connectivity index (χ2v) is 3.21. The Bertz CT molecular complexity index is 478. The molecule has 4 nitrogen and oxygen atoms in total. The molecule has 6 heteroatoms. The highest BCUT2D eigenvalue weighted by Gasteiger charge is 2.09. The fourth-order valence-corrected chi connectivity index (χ4v) is 1.48. The van der Waals surface area contributed by atoms with E-state index in [-0.39, 0.29) is 15.6 Å². The summed E-state index contributed by atoms with van der Waals surface area (Å²) in [6.07, 6.45) is 1.45. The molecule has 0 spiro atoms. The molecule has 0 aliphatic carbocycles. The van der Waals surface area contributed by atoms with Gasteiger partial charge in [-0.3, -0.25) is 9.78 Å². The molecule has 0 atom stereocenters. The van der Waals surface area contributed by atoms with Crippen molar-refractivity contribution < 1.29 is 4.39 Å². The number of hydrogen-bond donors (Lipinski definition) is 1. The first-order valence-electron chi connectivity index (χ1n) is 3.44. The Kier molecular flexibility index (Phi) is 1.90. The highest BCUT2D eigenvalue weighted by molar-refractivity contribution is 7.12. The molecule has 0 aliphatic heterocycles. The van der Waals surface area contributed by atoms with E-state index in [0.29, 0.717) is 0 Å². The summed E-state index contributed by atoms with van der Waals surface area (Å²) in [5.41, 5.74) is 0.103. The van der Waals surface area contributed by atoms with Crippen LogP contribution in [-0.2, 0) is 0 Å². The normalized spacial score (nSPS) is 10.2. The molecule has 2 aromatic heterocycles. The molecule has 0 unspecified atom stereocenters. The van der Waals surface area contributed by atoms with Crippen molar-refractivity contribution in [3.05, 3.63) is 33.8 Å². The van der Waals surface area contributed by atoms with E-state index < -0.39 is 5.82 Å². The van der Waals surface area contributed by atoms with Crippen LogP contribution in [-0.4, -0.2) is 15.2 Å². The van der Waals surface area contributed by atoms with E-state index in [2.05, 4.69) is 15.2 Å². The lowest BCUT2D eigenvalue weighted by Crippen LogP contribution is -1.90. The van der Waals surface area contributed by atoms with Crippen molar-refractivity contribution >= 4 is 11.3 Å². The average Bonchev–Trinajstić information content (AvgIpc) is 2.53. The first-order valence-corrected chi connectivity index (χ1v) is 4.25. The average molecular weight is 197 g/mol. The van der Waals surface area contributed by atoms with E-state index in [1.807, 2.05) is 0 Å². The van der Waals surface area contributed by atoms with Crippen LogP contribution in [0.1, 0.15) is 0 Å². The van der Waals surface area contributed by atoms with E-state index in [9.17, 15) is 9.18 Å². The molecule has 13 heavy (non-hydrogen) atoms. The van der Waals surface area contributed by atoms with Gasteiger partial charge in [-0.15, -0.1) is 0 Å². The molecule has 0 saturated carbocycles. The van der Waals surface area contributed by atoms with E-state index in [4.69, 9.17) is 0 Å². The third-order valence-electron chi connectivity index (χ3n) is 1.40. The molecule has 0 fully saturated rings. The zero-order valence-electron chi connectivity index (χ0n) is 6.32. The summed E-state index contributed by atoms with van der Waals surface area (Å²) < 4.78 is 13.1. The SMILES string of the molecule is O=c1[nH]nc(-c2ncccc2F)s1. The Balaban J connectivity index is 2.58. The number of hydrogen-bond acceptors (Lipinski definition) is 4. The number of nitrogens with one attached hydrogen (secondary N) is 1. The van der Waals surface area contributed by atoms with Crippen LogP contribution in [0.2, 0.25) is 0 Å². The third-order valence-corrected chi connectivity index (χ3v) is 2.15. The summed E-state index contributed by atoms with van der Waals surface area (Å²) in [6, 6.07) is 2.75. The first-order chi connectivity index (χ1) is 6.27. The van der Waals surface area contributed by atoms with Crippen LogP contribution in [0.15, 0.2) is 23.1 Å². The van der Waals surface area contributed by atoms with Gasteiger partial charge in [0.15, 0.2) is 10.8 Å². The molecular weight excluding hydrogens is 193 g/mol. The number of H-pyrrole nitrogens is 1. The topological polar surface area (TPSA) is 58.6 Å². The van der Waals surface area contributed by atoms with E-state index in [1.165, 1.54) is 18.3 Å². The quantitative estimate of drug-likeness (QED) is 0.742. The molecule has 1 N–H and O–H groups in total. The summed E-state index contributed by atoms with van der Waals surface area (Å²) >= 11 is 0.830. The number of aromatic amines is 1. The maximum atomic E-state index is 13.1. The minimum Gasteiger partial charge on any atom is -0.255 e. The Morgan fingerprint density at radius 3 is 3.00 bits per heavy atom. The zero-order chi connectivity index (χ0) is 9.26. The maximum absolute atomic E-state index is 13.1. The predicted molar refractivity (Wildman–Crippen MR) is 45.9 cm³/mol. The summed E-state index contributed by atoms with van der Waals surface area (Å²) in [6.45, 7) is 0. The second kappa shape index (κ2) is 3.06. The fourth-order valence-electron chi connectivity index (χ4n) is 0.874. The van der Waals surface area contributed by atoms with Crippen molar-refractivity contribution in [3.8, 4) is 10.7 Å². The lowest BCUT2D eigenvalue weighted by atomic mass is 10.3. The Morgan fingerprint density at radius 2 is 2.38 bits per heavy atom. The molecule has 66 valence electrons. The van der Waals surface area contributed by atoms with E-state index in [1.54, 1.807) is 0 Å². The monoisotopic (exact) mass is 197 g/mol. The molecular formula is C7H4FN3OS. The lowest BCUT2D eigenvalue weighted by Gasteiger charge is -1.93. The number of rotatable bonds is 1. The van der Waals surface area contributed by atoms with Crippen LogP contribution >= 0.6 is 11.3 Å². The number of aromatic nitrogens is 3. The summed E-state index contributed by atoms with van der Waals surface area (Å²) in [5, 5.41) is 6.09. The van der Waals surface area contributed by atoms with Crippen LogP contribution in [0.25, 0.3) is 10.7 Å². The zero-order valence-corrected chi connectivity index (χ0v) is 7.14. The van der Waals surface area contributed by atoms with Crippen molar-refractivity contribution in [1.82, 2.24) is 15.2 Å². The number of pyridine rings is 1. The molecule has 0 amide bonds. The standard InChI is InChI=1S/C7H4FN3OS/c8-4-2-1-3-9-5(4)6-10-11-7(12)13-6/h1-3H,(H,11,12). The number of nitrogens with zero attached hydrogens (tertiary/aromatic N) is 2. The van der Waals surface area contributed by atoms with Gasteiger partial charge in [0.2, 0.25) is 0 Å². The maximum Gasteiger partial charge on any atom is 0.322 e. The minimum absolute atomic E-state index is 0.103. The van der Waals surface area contributed by atoms with Gasteiger partial charge < -0.3 is 0 Å².